The number of carbonyl (C=O) groups excluding carboxylic acids is 3. The standard InChI is InChI=1S/C27H39N5O3/c1-17(2)29-20-12-23-26(34)28-14-19-8-4-3-7-18(19)11-25(33)30-21-13-24(27(35)32(23)16-20)31(15-21)22-9-5-6-10-22/h3-4,7-8,17,20-24,29H,5-6,9-16H2,1-2H3,(H,28,34)(H,30,33)/t20-,21+,23-,24-/m0/s1. The number of nitrogens with zero attached hydrogens (tertiary/aromatic N) is 2. The van der Waals surface area contributed by atoms with Crippen molar-refractivity contribution in [3.05, 3.63) is 35.4 Å². The molecule has 2 bridgehead atoms. The Hall–Kier alpha value is -2.45. The normalized spacial score (nSPS) is 30.7. The SMILES string of the molecule is CC(C)N[C@H]1C[C@H]2C(=O)NCc3ccccc3CC(=O)N[C@@H]3C[C@@H](C(=O)N2C1)N(C1CCCC1)C3. The highest BCUT2D eigenvalue weighted by atomic mass is 16.2. The highest BCUT2D eigenvalue weighted by Crippen LogP contribution is 2.33. The van der Waals surface area contributed by atoms with Gasteiger partial charge in [-0.15, -0.1) is 0 Å². The van der Waals surface area contributed by atoms with Crippen LogP contribution in [0.4, 0.5) is 0 Å². The van der Waals surface area contributed by atoms with E-state index < -0.39 is 6.04 Å². The minimum atomic E-state index is -0.479. The molecule has 8 heteroatoms. The predicted molar refractivity (Wildman–Crippen MR) is 133 cm³/mol. The molecular weight excluding hydrogens is 442 g/mol. The minimum absolute atomic E-state index is 0.0226. The third-order valence-corrected chi connectivity index (χ3v) is 8.16. The number of likely N-dealkylation sites (tertiary alicyclic amines) is 1. The van der Waals surface area contributed by atoms with Crippen molar-refractivity contribution in [3.63, 3.8) is 0 Å². The van der Waals surface area contributed by atoms with E-state index in [9.17, 15) is 14.4 Å². The van der Waals surface area contributed by atoms with Crippen molar-refractivity contribution in [2.75, 3.05) is 13.1 Å². The number of hydrogen-bond acceptors (Lipinski definition) is 5. The average molecular weight is 482 g/mol. The van der Waals surface area contributed by atoms with E-state index in [1.165, 1.54) is 12.8 Å². The van der Waals surface area contributed by atoms with Crippen LogP contribution >= 0.6 is 0 Å². The van der Waals surface area contributed by atoms with Crippen LogP contribution in [0.5, 0.6) is 0 Å². The average Bonchev–Trinajstić information content (AvgIpc) is 3.56. The molecular formula is C27H39N5O3. The van der Waals surface area contributed by atoms with Crippen molar-refractivity contribution in [1.82, 2.24) is 25.8 Å². The van der Waals surface area contributed by atoms with Gasteiger partial charge in [-0.25, -0.2) is 0 Å². The van der Waals surface area contributed by atoms with Gasteiger partial charge in [-0.3, -0.25) is 19.3 Å². The van der Waals surface area contributed by atoms with Gasteiger partial charge in [0.2, 0.25) is 17.7 Å². The van der Waals surface area contributed by atoms with Crippen LogP contribution in [-0.2, 0) is 27.3 Å². The van der Waals surface area contributed by atoms with Crippen molar-refractivity contribution >= 4 is 17.7 Å². The molecule has 2 saturated heterocycles. The first-order valence-corrected chi connectivity index (χ1v) is 13.3. The van der Waals surface area contributed by atoms with Crippen molar-refractivity contribution in [2.24, 2.45) is 0 Å². The summed E-state index contributed by atoms with van der Waals surface area (Å²) < 4.78 is 0. The zero-order valence-corrected chi connectivity index (χ0v) is 21.0. The molecule has 3 fully saturated rings. The van der Waals surface area contributed by atoms with Crippen LogP contribution in [0, 0.1) is 0 Å². The molecule has 8 nitrogen and oxygen atoms in total. The minimum Gasteiger partial charge on any atom is -0.352 e. The number of nitrogens with one attached hydrogen (secondary N) is 3. The van der Waals surface area contributed by atoms with Crippen molar-refractivity contribution in [3.8, 4) is 0 Å². The van der Waals surface area contributed by atoms with E-state index in [2.05, 4.69) is 34.7 Å². The van der Waals surface area contributed by atoms with Gasteiger partial charge in [-0.05, 0) is 36.8 Å². The molecule has 3 amide bonds. The third-order valence-electron chi connectivity index (χ3n) is 8.16. The van der Waals surface area contributed by atoms with E-state index in [1.807, 2.05) is 29.2 Å². The Bertz CT molecular complexity index is 960. The van der Waals surface area contributed by atoms with Crippen LogP contribution in [0.1, 0.15) is 63.5 Å². The molecule has 3 N–H and O–H groups in total. The maximum absolute atomic E-state index is 14.0. The molecule has 5 rings (SSSR count). The lowest BCUT2D eigenvalue weighted by Gasteiger charge is -2.33. The largest absolute Gasteiger partial charge is 0.352 e. The van der Waals surface area contributed by atoms with Gasteiger partial charge in [0.25, 0.3) is 0 Å². The number of fused-ring (bicyclic) bond motifs is 4. The number of carbonyl (C=O) groups is 3. The zero-order chi connectivity index (χ0) is 24.5. The lowest BCUT2D eigenvalue weighted by molar-refractivity contribution is -0.142. The fourth-order valence-electron chi connectivity index (χ4n) is 6.61. The van der Waals surface area contributed by atoms with Crippen LogP contribution in [0.15, 0.2) is 24.3 Å². The summed E-state index contributed by atoms with van der Waals surface area (Å²) in [5.74, 6) is -0.0884. The van der Waals surface area contributed by atoms with E-state index in [0.717, 1.165) is 24.0 Å². The summed E-state index contributed by atoms with van der Waals surface area (Å²) in [5.41, 5.74) is 1.88. The van der Waals surface area contributed by atoms with Gasteiger partial charge in [-0.1, -0.05) is 51.0 Å². The summed E-state index contributed by atoms with van der Waals surface area (Å²) >= 11 is 0. The van der Waals surface area contributed by atoms with Crippen LogP contribution in [-0.4, -0.2) is 76.9 Å². The summed E-state index contributed by atoms with van der Waals surface area (Å²) in [6, 6.07) is 7.72. The topological polar surface area (TPSA) is 93.8 Å². The molecule has 4 atom stereocenters. The monoisotopic (exact) mass is 481 g/mol. The van der Waals surface area contributed by atoms with Crippen molar-refractivity contribution < 1.29 is 14.4 Å². The molecule has 3 heterocycles. The Balaban J connectivity index is 1.46. The van der Waals surface area contributed by atoms with Crippen molar-refractivity contribution in [2.45, 2.75) is 102 Å². The molecule has 0 spiro atoms. The second kappa shape index (κ2) is 10.3. The number of rotatable bonds is 3. The Kier molecular flexibility index (Phi) is 7.12. The summed E-state index contributed by atoms with van der Waals surface area (Å²) in [6.45, 7) is 5.78. The van der Waals surface area contributed by atoms with E-state index in [4.69, 9.17) is 0 Å². The maximum atomic E-state index is 14.0. The fraction of sp³-hybridized carbons (Fsp3) is 0.667. The molecule has 1 aliphatic carbocycles. The molecule has 1 aromatic carbocycles. The van der Waals surface area contributed by atoms with Gasteiger partial charge < -0.3 is 20.9 Å². The Morgan fingerprint density at radius 1 is 0.971 bits per heavy atom. The molecule has 1 saturated carbocycles. The van der Waals surface area contributed by atoms with E-state index in [0.29, 0.717) is 38.5 Å². The maximum Gasteiger partial charge on any atom is 0.243 e. The van der Waals surface area contributed by atoms with Crippen molar-refractivity contribution in [1.29, 1.82) is 0 Å². The zero-order valence-electron chi connectivity index (χ0n) is 21.0. The lowest BCUT2D eigenvalue weighted by Crippen LogP contribution is -2.53. The molecule has 4 aliphatic rings. The van der Waals surface area contributed by atoms with Gasteiger partial charge in [0, 0.05) is 43.8 Å². The first kappa shape index (κ1) is 24.3. The molecule has 3 aliphatic heterocycles. The Morgan fingerprint density at radius 3 is 2.46 bits per heavy atom. The second-order valence-corrected chi connectivity index (χ2v) is 11.1. The lowest BCUT2D eigenvalue weighted by atomic mass is 10.0. The van der Waals surface area contributed by atoms with Gasteiger partial charge >= 0.3 is 0 Å². The highest BCUT2D eigenvalue weighted by molar-refractivity contribution is 5.91. The van der Waals surface area contributed by atoms with E-state index in [1.54, 1.807) is 0 Å². The quantitative estimate of drug-likeness (QED) is 0.606. The number of amides is 3. The summed E-state index contributed by atoms with van der Waals surface area (Å²) in [6.07, 6.45) is 6.07. The van der Waals surface area contributed by atoms with E-state index in [-0.39, 0.29) is 48.3 Å². The van der Waals surface area contributed by atoms with Gasteiger partial charge in [-0.2, -0.15) is 0 Å². The van der Waals surface area contributed by atoms with Gasteiger partial charge in [0.1, 0.15) is 6.04 Å². The smallest absolute Gasteiger partial charge is 0.243 e. The first-order valence-electron chi connectivity index (χ1n) is 13.3. The van der Waals surface area contributed by atoms with Crippen LogP contribution in [0.25, 0.3) is 0 Å². The molecule has 0 radical (unpaired) electrons. The summed E-state index contributed by atoms with van der Waals surface area (Å²) in [4.78, 5) is 44.6. The molecule has 1 aromatic rings. The van der Waals surface area contributed by atoms with E-state index >= 15 is 0 Å². The third kappa shape index (κ3) is 5.23. The Morgan fingerprint density at radius 2 is 1.71 bits per heavy atom. The Labute approximate surface area is 208 Å². The fourth-order valence-corrected chi connectivity index (χ4v) is 6.61. The predicted octanol–water partition coefficient (Wildman–Crippen LogP) is 1.33. The second-order valence-electron chi connectivity index (χ2n) is 11.1. The number of hydrogen-bond donors (Lipinski definition) is 3. The molecule has 0 unspecified atom stereocenters. The van der Waals surface area contributed by atoms with Gasteiger partial charge in [0.05, 0.1) is 12.5 Å². The molecule has 35 heavy (non-hydrogen) atoms. The highest BCUT2D eigenvalue weighted by Gasteiger charge is 2.47. The summed E-state index contributed by atoms with van der Waals surface area (Å²) in [7, 11) is 0. The molecule has 190 valence electrons. The van der Waals surface area contributed by atoms with Crippen LogP contribution < -0.4 is 16.0 Å². The van der Waals surface area contributed by atoms with Crippen LogP contribution in [0.2, 0.25) is 0 Å². The number of benzene rings is 1. The molecule has 0 aromatic heterocycles. The first-order chi connectivity index (χ1) is 16.9. The summed E-state index contributed by atoms with van der Waals surface area (Å²) in [5, 5.41) is 9.85. The van der Waals surface area contributed by atoms with Gasteiger partial charge in [0.15, 0.2) is 0 Å². The van der Waals surface area contributed by atoms with Crippen LogP contribution in [0.3, 0.4) is 0 Å².